The fourth-order valence-corrected chi connectivity index (χ4v) is 5.19. The van der Waals surface area contributed by atoms with Crippen LogP contribution in [0.5, 0.6) is 5.75 Å². The normalized spacial score (nSPS) is 11.4. The van der Waals surface area contributed by atoms with Gasteiger partial charge in [-0.05, 0) is 36.8 Å². The van der Waals surface area contributed by atoms with E-state index >= 15 is 0 Å². The second-order valence-corrected chi connectivity index (χ2v) is 11.2. The van der Waals surface area contributed by atoms with E-state index in [4.69, 9.17) is 10.5 Å². The number of anilines is 1. The minimum Gasteiger partial charge on any atom is -0.491 e. The number of sulfonamides is 1. The number of hydrogen-bond acceptors (Lipinski definition) is 5. The first-order valence-electron chi connectivity index (χ1n) is 13.8. The number of hydrogen-bond donors (Lipinski definition) is 3. The van der Waals surface area contributed by atoms with Crippen LogP contribution in [0.4, 0.5) is 5.69 Å². The number of nitrogens with one attached hydrogen (secondary N) is 2. The van der Waals surface area contributed by atoms with Crippen molar-refractivity contribution in [3.63, 3.8) is 0 Å². The fraction of sp³-hybridized carbons (Fsp3) is 0.552. The van der Waals surface area contributed by atoms with Gasteiger partial charge in [0.2, 0.25) is 10.0 Å². The lowest BCUT2D eigenvalue weighted by Gasteiger charge is -2.13. The molecule has 0 unspecified atom stereocenters. The van der Waals surface area contributed by atoms with Crippen molar-refractivity contribution >= 4 is 21.6 Å². The summed E-state index contributed by atoms with van der Waals surface area (Å²) in [6.07, 6.45) is 15.4. The van der Waals surface area contributed by atoms with Crippen LogP contribution in [-0.4, -0.2) is 34.0 Å². The Morgan fingerprint density at radius 1 is 0.838 bits per heavy atom. The maximum absolute atomic E-state index is 12.8. The lowest BCUT2D eigenvalue weighted by molar-refractivity contribution is 0.102. The van der Waals surface area contributed by atoms with E-state index in [1.807, 2.05) is 18.2 Å². The largest absolute Gasteiger partial charge is 0.491 e. The molecule has 0 aliphatic heterocycles. The molecule has 2 aromatic carbocycles. The van der Waals surface area contributed by atoms with Crippen molar-refractivity contribution in [2.24, 2.45) is 5.73 Å². The minimum atomic E-state index is -3.73. The topological polar surface area (TPSA) is 111 Å². The number of carbonyl (C=O) groups excluding carboxylic acids is 1. The highest BCUT2D eigenvalue weighted by molar-refractivity contribution is 7.89. The van der Waals surface area contributed by atoms with Gasteiger partial charge in [-0.15, -0.1) is 0 Å². The zero-order valence-corrected chi connectivity index (χ0v) is 23.2. The quantitative estimate of drug-likeness (QED) is 0.175. The van der Waals surface area contributed by atoms with Crippen LogP contribution in [-0.2, 0) is 10.0 Å². The molecule has 0 fully saturated rings. The molecular formula is C29H45N3O4S. The highest BCUT2D eigenvalue weighted by Crippen LogP contribution is 2.25. The third-order valence-corrected chi connectivity index (χ3v) is 7.69. The van der Waals surface area contributed by atoms with Gasteiger partial charge in [0.15, 0.2) is 0 Å². The number of amides is 1. The molecule has 4 N–H and O–H groups in total. The number of ether oxygens (including phenoxy) is 1. The van der Waals surface area contributed by atoms with Crippen LogP contribution in [0.1, 0.15) is 94.3 Å². The summed E-state index contributed by atoms with van der Waals surface area (Å²) in [6.45, 7) is 3.16. The number of rotatable bonds is 20. The van der Waals surface area contributed by atoms with E-state index in [2.05, 4.69) is 17.0 Å². The second kappa shape index (κ2) is 17.9. The first-order chi connectivity index (χ1) is 18.0. The molecular weight excluding hydrogens is 486 g/mol. The van der Waals surface area contributed by atoms with Gasteiger partial charge in [0, 0.05) is 18.7 Å². The SMILES string of the molecule is CCCCCCCCCCCCCCOc1ccccc1NC(=O)c1cccc(S(=O)(=O)NCCN)c1. The van der Waals surface area contributed by atoms with Gasteiger partial charge >= 0.3 is 0 Å². The molecule has 1 amide bonds. The second-order valence-electron chi connectivity index (χ2n) is 9.40. The Kier molecular flexibility index (Phi) is 14.9. The van der Waals surface area contributed by atoms with Gasteiger partial charge in [0.25, 0.3) is 5.91 Å². The molecule has 2 rings (SSSR count). The molecule has 206 valence electrons. The monoisotopic (exact) mass is 531 g/mol. The number of carbonyl (C=O) groups is 1. The third kappa shape index (κ3) is 12.1. The Hall–Kier alpha value is -2.42. The molecule has 0 spiro atoms. The molecule has 8 heteroatoms. The molecule has 0 radical (unpaired) electrons. The predicted octanol–water partition coefficient (Wildman–Crippen LogP) is 6.26. The van der Waals surface area contributed by atoms with Crippen LogP contribution in [0.15, 0.2) is 53.4 Å². The van der Waals surface area contributed by atoms with Gasteiger partial charge in [-0.3, -0.25) is 4.79 Å². The van der Waals surface area contributed by atoms with Crippen molar-refractivity contribution in [3.05, 3.63) is 54.1 Å². The number of nitrogens with two attached hydrogens (primary N) is 1. The van der Waals surface area contributed by atoms with Gasteiger partial charge in [0.1, 0.15) is 5.75 Å². The van der Waals surface area contributed by atoms with Crippen molar-refractivity contribution < 1.29 is 17.9 Å². The van der Waals surface area contributed by atoms with Crippen molar-refractivity contribution in [2.45, 2.75) is 88.9 Å². The van der Waals surface area contributed by atoms with Crippen molar-refractivity contribution in [2.75, 3.05) is 25.0 Å². The Bertz CT molecular complexity index is 1030. The van der Waals surface area contributed by atoms with Crippen molar-refractivity contribution in [1.29, 1.82) is 0 Å². The lowest BCUT2D eigenvalue weighted by Crippen LogP contribution is -2.29. The molecule has 0 aliphatic rings. The summed E-state index contributed by atoms with van der Waals surface area (Å²) in [4.78, 5) is 12.9. The Morgan fingerprint density at radius 3 is 2.11 bits per heavy atom. The molecule has 0 bridgehead atoms. The highest BCUT2D eigenvalue weighted by atomic mass is 32.2. The fourth-order valence-electron chi connectivity index (χ4n) is 4.10. The zero-order chi connectivity index (χ0) is 26.8. The van der Waals surface area contributed by atoms with Gasteiger partial charge < -0.3 is 15.8 Å². The summed E-state index contributed by atoms with van der Waals surface area (Å²) in [7, 11) is -3.73. The molecule has 37 heavy (non-hydrogen) atoms. The Balaban J connectivity index is 1.74. The number of para-hydroxylation sites is 2. The van der Waals surface area contributed by atoms with Gasteiger partial charge in [-0.25, -0.2) is 13.1 Å². The average Bonchev–Trinajstić information content (AvgIpc) is 2.91. The Morgan fingerprint density at radius 2 is 1.46 bits per heavy atom. The summed E-state index contributed by atoms with van der Waals surface area (Å²) in [5.74, 6) is 0.199. The lowest BCUT2D eigenvalue weighted by atomic mass is 10.1. The molecule has 7 nitrogen and oxygen atoms in total. The molecule has 0 aliphatic carbocycles. The smallest absolute Gasteiger partial charge is 0.255 e. The van der Waals surface area contributed by atoms with Crippen LogP contribution in [0.25, 0.3) is 0 Å². The van der Waals surface area contributed by atoms with E-state index in [-0.39, 0.29) is 23.5 Å². The zero-order valence-electron chi connectivity index (χ0n) is 22.3. The molecule has 0 aromatic heterocycles. The van der Waals surface area contributed by atoms with Crippen LogP contribution >= 0.6 is 0 Å². The number of benzene rings is 2. The van der Waals surface area contributed by atoms with E-state index in [1.165, 1.54) is 76.3 Å². The third-order valence-electron chi connectivity index (χ3n) is 6.23. The summed E-state index contributed by atoms with van der Waals surface area (Å²) >= 11 is 0. The molecule has 0 saturated carbocycles. The molecule has 0 heterocycles. The van der Waals surface area contributed by atoms with E-state index in [1.54, 1.807) is 18.2 Å². The number of unbranched alkanes of at least 4 members (excludes halogenated alkanes) is 11. The van der Waals surface area contributed by atoms with Crippen LogP contribution in [0, 0.1) is 0 Å². The van der Waals surface area contributed by atoms with Crippen molar-refractivity contribution in [3.8, 4) is 5.75 Å². The van der Waals surface area contributed by atoms with Gasteiger partial charge in [-0.1, -0.05) is 95.8 Å². The summed E-state index contributed by atoms with van der Waals surface area (Å²) < 4.78 is 33.1. The summed E-state index contributed by atoms with van der Waals surface area (Å²) in [6, 6.07) is 13.2. The first-order valence-corrected chi connectivity index (χ1v) is 15.3. The van der Waals surface area contributed by atoms with Crippen molar-refractivity contribution in [1.82, 2.24) is 4.72 Å². The standard InChI is InChI=1S/C29H45N3O4S/c1-2-3-4-5-6-7-8-9-10-11-12-15-23-36-28-20-14-13-19-27(28)32-29(33)25-17-16-18-26(24-25)37(34,35)31-22-21-30/h13-14,16-20,24,31H,2-12,15,21-23,30H2,1H3,(H,32,33). The summed E-state index contributed by atoms with van der Waals surface area (Å²) in [5.41, 5.74) is 6.18. The maximum atomic E-state index is 12.8. The molecule has 0 saturated heterocycles. The minimum absolute atomic E-state index is 0.0186. The maximum Gasteiger partial charge on any atom is 0.255 e. The van der Waals surface area contributed by atoms with Crippen LogP contribution in [0.2, 0.25) is 0 Å². The highest BCUT2D eigenvalue weighted by Gasteiger charge is 2.16. The van der Waals surface area contributed by atoms with E-state index in [9.17, 15) is 13.2 Å². The summed E-state index contributed by atoms with van der Waals surface area (Å²) in [5, 5.41) is 2.85. The first kappa shape index (κ1) is 30.8. The molecule has 0 atom stereocenters. The van der Waals surface area contributed by atoms with E-state index < -0.39 is 15.9 Å². The van der Waals surface area contributed by atoms with Gasteiger partial charge in [0.05, 0.1) is 17.2 Å². The average molecular weight is 532 g/mol. The molecule has 2 aromatic rings. The van der Waals surface area contributed by atoms with Gasteiger partial charge in [-0.2, -0.15) is 0 Å². The predicted molar refractivity (Wildman–Crippen MR) is 152 cm³/mol. The Labute approximate surface area is 223 Å². The van der Waals surface area contributed by atoms with Crippen LogP contribution < -0.4 is 20.5 Å². The van der Waals surface area contributed by atoms with E-state index in [0.717, 1.165) is 12.8 Å². The van der Waals surface area contributed by atoms with E-state index in [0.29, 0.717) is 18.0 Å². The van der Waals surface area contributed by atoms with Crippen LogP contribution in [0.3, 0.4) is 0 Å².